The molecule has 2 fully saturated rings. The maximum Gasteiger partial charge on any atom is 0.119 e. The number of benzene rings is 1. The molecular formula is C19H31N3O2. The summed E-state index contributed by atoms with van der Waals surface area (Å²) in [4.78, 5) is 5.13. The predicted molar refractivity (Wildman–Crippen MR) is 96.5 cm³/mol. The molecule has 5 nitrogen and oxygen atoms in total. The lowest BCUT2D eigenvalue weighted by molar-refractivity contribution is 0.0460. The van der Waals surface area contributed by atoms with Crippen LogP contribution >= 0.6 is 0 Å². The molecular weight excluding hydrogens is 302 g/mol. The molecule has 24 heavy (non-hydrogen) atoms. The Morgan fingerprint density at radius 2 is 2.08 bits per heavy atom. The van der Waals surface area contributed by atoms with Crippen molar-refractivity contribution in [3.63, 3.8) is 0 Å². The Morgan fingerprint density at radius 3 is 2.79 bits per heavy atom. The number of ether oxygens (including phenoxy) is 1. The molecule has 2 N–H and O–H groups in total. The SMILES string of the molecule is COc1cccc(C(CN2CCC(O)CC2)N2CCNCC2C)c1. The number of nitrogens with one attached hydrogen (secondary N) is 1. The highest BCUT2D eigenvalue weighted by molar-refractivity contribution is 5.31. The fourth-order valence-electron chi connectivity index (χ4n) is 3.92. The van der Waals surface area contributed by atoms with Gasteiger partial charge in [0.25, 0.3) is 0 Å². The quantitative estimate of drug-likeness (QED) is 0.855. The van der Waals surface area contributed by atoms with Crippen LogP contribution in [0.5, 0.6) is 5.75 Å². The van der Waals surface area contributed by atoms with Crippen molar-refractivity contribution in [2.75, 3.05) is 46.4 Å². The third-order valence-electron chi connectivity index (χ3n) is 5.42. The summed E-state index contributed by atoms with van der Waals surface area (Å²) in [6.45, 7) is 8.45. The van der Waals surface area contributed by atoms with Gasteiger partial charge in [-0.3, -0.25) is 4.90 Å². The van der Waals surface area contributed by atoms with E-state index in [1.807, 2.05) is 6.07 Å². The molecule has 3 rings (SSSR count). The van der Waals surface area contributed by atoms with Crippen molar-refractivity contribution in [1.29, 1.82) is 0 Å². The van der Waals surface area contributed by atoms with E-state index in [4.69, 9.17) is 4.74 Å². The van der Waals surface area contributed by atoms with Gasteiger partial charge in [0.1, 0.15) is 5.75 Å². The zero-order chi connectivity index (χ0) is 16.9. The molecule has 0 aromatic heterocycles. The molecule has 1 aromatic rings. The fraction of sp³-hybridized carbons (Fsp3) is 0.684. The summed E-state index contributed by atoms with van der Waals surface area (Å²) in [6.07, 6.45) is 1.67. The van der Waals surface area contributed by atoms with Gasteiger partial charge in [0, 0.05) is 51.4 Å². The Labute approximate surface area is 145 Å². The molecule has 2 atom stereocenters. The van der Waals surface area contributed by atoms with Crippen LogP contribution in [0.2, 0.25) is 0 Å². The molecule has 5 heteroatoms. The van der Waals surface area contributed by atoms with Gasteiger partial charge in [-0.1, -0.05) is 12.1 Å². The first-order chi connectivity index (χ1) is 11.7. The topological polar surface area (TPSA) is 48.0 Å². The maximum absolute atomic E-state index is 9.78. The molecule has 0 amide bonds. The number of piperazine rings is 1. The fourth-order valence-corrected chi connectivity index (χ4v) is 3.92. The largest absolute Gasteiger partial charge is 0.497 e. The van der Waals surface area contributed by atoms with Crippen molar-refractivity contribution < 1.29 is 9.84 Å². The summed E-state index contributed by atoms with van der Waals surface area (Å²) in [5.74, 6) is 0.925. The van der Waals surface area contributed by atoms with E-state index in [0.717, 1.165) is 57.9 Å². The van der Waals surface area contributed by atoms with Crippen molar-refractivity contribution in [3.05, 3.63) is 29.8 Å². The van der Waals surface area contributed by atoms with Gasteiger partial charge in [0.15, 0.2) is 0 Å². The van der Waals surface area contributed by atoms with Crippen molar-refractivity contribution in [3.8, 4) is 5.75 Å². The highest BCUT2D eigenvalue weighted by Crippen LogP contribution is 2.28. The summed E-state index contributed by atoms with van der Waals surface area (Å²) in [7, 11) is 1.73. The van der Waals surface area contributed by atoms with Gasteiger partial charge < -0.3 is 20.1 Å². The van der Waals surface area contributed by atoms with E-state index in [2.05, 4.69) is 40.2 Å². The van der Waals surface area contributed by atoms with Crippen LogP contribution in [0.1, 0.15) is 31.4 Å². The van der Waals surface area contributed by atoms with Gasteiger partial charge in [0.2, 0.25) is 0 Å². The zero-order valence-electron chi connectivity index (χ0n) is 14.9. The second-order valence-electron chi connectivity index (χ2n) is 7.12. The van der Waals surface area contributed by atoms with Gasteiger partial charge in [-0.25, -0.2) is 0 Å². The van der Waals surface area contributed by atoms with Crippen molar-refractivity contribution in [2.24, 2.45) is 0 Å². The minimum atomic E-state index is -0.116. The predicted octanol–water partition coefficient (Wildman–Crippen LogP) is 1.49. The van der Waals surface area contributed by atoms with E-state index in [0.29, 0.717) is 12.1 Å². The average Bonchev–Trinajstić information content (AvgIpc) is 2.62. The molecule has 2 heterocycles. The second kappa shape index (κ2) is 8.30. The van der Waals surface area contributed by atoms with Crippen LogP contribution in [-0.4, -0.2) is 73.4 Å². The average molecular weight is 333 g/mol. The second-order valence-corrected chi connectivity index (χ2v) is 7.12. The number of rotatable bonds is 5. The molecule has 0 bridgehead atoms. The lowest BCUT2D eigenvalue weighted by Crippen LogP contribution is -2.53. The number of hydrogen-bond acceptors (Lipinski definition) is 5. The van der Waals surface area contributed by atoms with Crippen LogP contribution in [0.15, 0.2) is 24.3 Å². The molecule has 0 spiro atoms. The Kier molecular flexibility index (Phi) is 6.11. The Morgan fingerprint density at radius 1 is 1.29 bits per heavy atom. The molecule has 2 saturated heterocycles. The standard InChI is InChI=1S/C19H31N3O2/c1-15-13-20-8-11-22(15)19(14-21-9-6-17(23)7-10-21)16-4-3-5-18(12-16)24-2/h3-5,12,15,17,19-20,23H,6-11,13-14H2,1-2H3. The number of nitrogens with zero attached hydrogens (tertiary/aromatic N) is 2. The van der Waals surface area contributed by atoms with Crippen molar-refractivity contribution in [2.45, 2.75) is 38.0 Å². The minimum absolute atomic E-state index is 0.116. The van der Waals surface area contributed by atoms with Crippen LogP contribution < -0.4 is 10.1 Å². The molecule has 0 saturated carbocycles. The van der Waals surface area contributed by atoms with Gasteiger partial charge >= 0.3 is 0 Å². The molecule has 2 aliphatic heterocycles. The van der Waals surface area contributed by atoms with Crippen LogP contribution in [0.3, 0.4) is 0 Å². The smallest absolute Gasteiger partial charge is 0.119 e. The zero-order valence-corrected chi connectivity index (χ0v) is 14.9. The van der Waals surface area contributed by atoms with E-state index in [1.54, 1.807) is 7.11 Å². The van der Waals surface area contributed by atoms with Crippen LogP contribution in [0.25, 0.3) is 0 Å². The van der Waals surface area contributed by atoms with Crippen LogP contribution in [0.4, 0.5) is 0 Å². The third kappa shape index (κ3) is 4.28. The molecule has 134 valence electrons. The highest BCUT2D eigenvalue weighted by Gasteiger charge is 2.30. The summed E-state index contributed by atoms with van der Waals surface area (Å²) >= 11 is 0. The number of likely N-dealkylation sites (tertiary alicyclic amines) is 1. The van der Waals surface area contributed by atoms with E-state index in [-0.39, 0.29) is 6.10 Å². The first-order valence-corrected chi connectivity index (χ1v) is 9.18. The monoisotopic (exact) mass is 333 g/mol. The van der Waals surface area contributed by atoms with E-state index >= 15 is 0 Å². The number of aliphatic hydroxyl groups is 1. The number of aliphatic hydroxyl groups excluding tert-OH is 1. The van der Waals surface area contributed by atoms with Crippen LogP contribution in [0, 0.1) is 0 Å². The first kappa shape index (κ1) is 17.7. The maximum atomic E-state index is 9.78. The summed E-state index contributed by atoms with van der Waals surface area (Å²) in [5, 5.41) is 13.3. The van der Waals surface area contributed by atoms with Crippen LogP contribution in [-0.2, 0) is 0 Å². The van der Waals surface area contributed by atoms with E-state index < -0.39 is 0 Å². The Hall–Kier alpha value is -1.14. The van der Waals surface area contributed by atoms with E-state index in [1.165, 1.54) is 5.56 Å². The molecule has 0 radical (unpaired) electrons. The number of methoxy groups -OCH3 is 1. The third-order valence-corrected chi connectivity index (χ3v) is 5.42. The van der Waals surface area contributed by atoms with Gasteiger partial charge in [-0.2, -0.15) is 0 Å². The minimum Gasteiger partial charge on any atom is -0.497 e. The lowest BCUT2D eigenvalue weighted by Gasteiger charge is -2.43. The first-order valence-electron chi connectivity index (χ1n) is 9.18. The highest BCUT2D eigenvalue weighted by atomic mass is 16.5. The molecule has 0 aliphatic carbocycles. The summed E-state index contributed by atoms with van der Waals surface area (Å²) in [6, 6.07) is 9.39. The normalized spacial score (nSPS) is 25.5. The van der Waals surface area contributed by atoms with Gasteiger partial charge in [-0.05, 0) is 37.5 Å². The van der Waals surface area contributed by atoms with E-state index in [9.17, 15) is 5.11 Å². The summed E-state index contributed by atoms with van der Waals surface area (Å²) in [5.41, 5.74) is 1.33. The lowest BCUT2D eigenvalue weighted by atomic mass is 9.99. The number of hydrogen-bond donors (Lipinski definition) is 2. The summed E-state index contributed by atoms with van der Waals surface area (Å²) < 4.78 is 5.45. The van der Waals surface area contributed by atoms with Gasteiger partial charge in [0.05, 0.1) is 13.2 Å². The van der Waals surface area contributed by atoms with Crippen molar-refractivity contribution >= 4 is 0 Å². The molecule has 2 aliphatic rings. The molecule has 1 aromatic carbocycles. The Balaban J connectivity index is 1.79. The van der Waals surface area contributed by atoms with Gasteiger partial charge in [-0.15, -0.1) is 0 Å². The number of piperidine rings is 1. The Bertz CT molecular complexity index is 517. The molecule has 2 unspecified atom stereocenters. The van der Waals surface area contributed by atoms with Crippen molar-refractivity contribution in [1.82, 2.24) is 15.1 Å².